The third kappa shape index (κ3) is 4.42. The van der Waals surface area contributed by atoms with Gasteiger partial charge in [0.25, 0.3) is 0 Å². The molecule has 0 spiro atoms. The molecular weight excluding hydrogens is 342 g/mol. The minimum absolute atomic E-state index is 1.39. The van der Waals surface area contributed by atoms with Gasteiger partial charge in [-0.1, -0.05) is 0 Å². The molecule has 0 aliphatic heterocycles. The second-order valence-electron chi connectivity index (χ2n) is 2.96. The van der Waals surface area contributed by atoms with Gasteiger partial charge >= 0.3 is 80.0 Å². The molecule has 62 valence electrons. The van der Waals surface area contributed by atoms with Crippen molar-refractivity contribution in [1.82, 2.24) is 0 Å². The van der Waals surface area contributed by atoms with Crippen LogP contribution in [-0.4, -0.2) is 14.4 Å². The first kappa shape index (κ1) is 11.5. The van der Waals surface area contributed by atoms with Crippen LogP contribution in [0.15, 0.2) is 0 Å². The van der Waals surface area contributed by atoms with E-state index in [1.54, 1.807) is 4.44 Å². The summed E-state index contributed by atoms with van der Waals surface area (Å²) >= 11 is 1.39. The Labute approximate surface area is 79.2 Å². The van der Waals surface area contributed by atoms with Gasteiger partial charge < -0.3 is 0 Å². The summed E-state index contributed by atoms with van der Waals surface area (Å²) in [5, 5.41) is 0. The molecule has 0 rings (SSSR count). The second-order valence-corrected chi connectivity index (χ2v) is 30.3. The molecule has 0 saturated carbocycles. The molecule has 0 radical (unpaired) electrons. The Morgan fingerprint density at radius 1 is 1.10 bits per heavy atom. The third-order valence-corrected chi connectivity index (χ3v) is 26.9. The Morgan fingerprint density at radius 3 is 1.90 bits per heavy atom. The molecule has 0 aromatic heterocycles. The van der Waals surface area contributed by atoms with Crippen LogP contribution in [0.4, 0.5) is 0 Å². The van der Waals surface area contributed by atoms with E-state index >= 15 is 0 Å². The van der Waals surface area contributed by atoms with E-state index in [4.69, 9.17) is 0 Å². The van der Waals surface area contributed by atoms with Gasteiger partial charge in [0.05, 0.1) is 0 Å². The number of halogens is 1. The van der Waals surface area contributed by atoms with Crippen LogP contribution in [0.5, 0.6) is 0 Å². The summed E-state index contributed by atoms with van der Waals surface area (Å²) in [4.78, 5) is 0. The summed E-state index contributed by atoms with van der Waals surface area (Å²) in [6.07, 6.45) is 2.88. The molecule has 0 aliphatic rings. The quantitative estimate of drug-likeness (QED) is 0.509. The van der Waals surface area contributed by atoms with Crippen LogP contribution in [-0.2, 0) is 0 Å². The molecule has 0 aliphatic carbocycles. The fraction of sp³-hybridized carbons (Fsp3) is 1.00. The molecule has 0 bridgehead atoms. The van der Waals surface area contributed by atoms with Crippen molar-refractivity contribution < 1.29 is 0 Å². The summed E-state index contributed by atoms with van der Waals surface area (Å²) in [6, 6.07) is 0. The van der Waals surface area contributed by atoms with Crippen molar-refractivity contribution in [3.05, 3.63) is 0 Å². The zero-order valence-corrected chi connectivity index (χ0v) is 12.4. The van der Waals surface area contributed by atoms with Crippen molar-refractivity contribution in [1.29, 1.82) is 0 Å². The van der Waals surface area contributed by atoms with E-state index in [2.05, 4.69) is 39.4 Å². The Kier molecular flexibility index (Phi) is 7.02. The van der Waals surface area contributed by atoms with Gasteiger partial charge in [-0.3, -0.25) is 0 Å². The molecule has 0 unspecified atom stereocenters. The van der Waals surface area contributed by atoms with Crippen LogP contribution in [0.1, 0.15) is 33.6 Å². The molecule has 0 atom stereocenters. The van der Waals surface area contributed by atoms with E-state index in [9.17, 15) is 0 Å². The third-order valence-electron chi connectivity index (χ3n) is 2.25. The van der Waals surface area contributed by atoms with Crippen LogP contribution in [0.25, 0.3) is 0 Å². The fourth-order valence-electron chi connectivity index (χ4n) is 1.10. The van der Waals surface area contributed by atoms with Gasteiger partial charge in [0.15, 0.2) is 0 Å². The zero-order chi connectivity index (χ0) is 8.04. The van der Waals surface area contributed by atoms with E-state index in [1.165, 1.54) is 21.7 Å². The Hall–Kier alpha value is 1.53. The average molecular weight is 361 g/mol. The zero-order valence-electron chi connectivity index (χ0n) is 7.41. The van der Waals surface area contributed by atoms with Crippen LogP contribution < -0.4 is 0 Å². The molecule has 0 aromatic carbocycles. The van der Waals surface area contributed by atoms with Gasteiger partial charge in [0.2, 0.25) is 0 Å². The van der Waals surface area contributed by atoms with Crippen molar-refractivity contribution in [3.8, 4) is 0 Å². The Bertz CT molecular complexity index is 79.3. The number of unbranched alkanes of at least 4 members (excludes halogenated alkanes) is 1. The van der Waals surface area contributed by atoms with Gasteiger partial charge in [-0.15, -0.1) is 0 Å². The van der Waals surface area contributed by atoms with E-state index in [0.29, 0.717) is 0 Å². The van der Waals surface area contributed by atoms with Gasteiger partial charge in [0.1, 0.15) is 0 Å². The first-order chi connectivity index (χ1) is 4.68. The molecule has 0 amide bonds. The molecule has 0 heterocycles. The molecule has 0 N–H and O–H groups in total. The maximum atomic E-state index is 2.84. The number of hydrogen-bond donors (Lipinski definition) is 0. The molecule has 2 heteroatoms. The molecule has 0 saturated heterocycles. The van der Waals surface area contributed by atoms with Crippen molar-refractivity contribution >= 4 is 33.0 Å². The standard InChI is InChI=1S/C4H9.2C2H5.HI.Sn/c1-3-4-2;2*1-2;;/h1,3-4H2,2H3;2*1H2,2H3;1H;/q;;;;+1/p-1. The number of rotatable bonds is 5. The van der Waals surface area contributed by atoms with Crippen LogP contribution >= 0.6 is 18.6 Å². The van der Waals surface area contributed by atoms with Crippen molar-refractivity contribution in [2.45, 2.75) is 46.9 Å². The molecule has 0 nitrogen and oxygen atoms in total. The van der Waals surface area contributed by atoms with E-state index in [-0.39, 0.29) is 0 Å². The SMILES string of the molecule is CCC[CH2][Sn]([I])([CH2]C)[CH2]C. The minimum atomic E-state index is -1.44. The summed E-state index contributed by atoms with van der Waals surface area (Å²) in [5.41, 5.74) is 0. The molecule has 0 aromatic rings. The van der Waals surface area contributed by atoms with E-state index in [1.807, 2.05) is 0 Å². The van der Waals surface area contributed by atoms with Crippen molar-refractivity contribution in [3.63, 3.8) is 0 Å². The van der Waals surface area contributed by atoms with Gasteiger partial charge in [-0.25, -0.2) is 0 Å². The summed E-state index contributed by atoms with van der Waals surface area (Å²) in [5.74, 6) is 0. The Morgan fingerprint density at radius 2 is 1.60 bits per heavy atom. The second kappa shape index (κ2) is 6.09. The average Bonchev–Trinajstić information content (AvgIpc) is 2.00. The van der Waals surface area contributed by atoms with Gasteiger partial charge in [0, 0.05) is 0 Å². The topological polar surface area (TPSA) is 0 Å². The Balaban J connectivity index is 3.58. The van der Waals surface area contributed by atoms with Gasteiger partial charge in [-0.2, -0.15) is 0 Å². The van der Waals surface area contributed by atoms with E-state index < -0.39 is 14.4 Å². The normalized spacial score (nSPS) is 12.0. The summed E-state index contributed by atoms with van der Waals surface area (Å²) < 4.78 is 4.68. The first-order valence-electron chi connectivity index (χ1n) is 4.37. The van der Waals surface area contributed by atoms with Crippen LogP contribution in [0.3, 0.4) is 0 Å². The summed E-state index contributed by atoms with van der Waals surface area (Å²) in [7, 11) is 0. The van der Waals surface area contributed by atoms with Gasteiger partial charge in [-0.05, 0) is 0 Å². The fourth-order valence-corrected chi connectivity index (χ4v) is 9.92. The van der Waals surface area contributed by atoms with Crippen LogP contribution in [0.2, 0.25) is 13.3 Å². The molecule has 10 heavy (non-hydrogen) atoms. The van der Waals surface area contributed by atoms with Crippen molar-refractivity contribution in [2.24, 2.45) is 0 Å². The summed E-state index contributed by atoms with van der Waals surface area (Å²) in [6.45, 7) is 7.08. The van der Waals surface area contributed by atoms with E-state index in [0.717, 1.165) is 0 Å². The molecular formula is C8H19ISn. The van der Waals surface area contributed by atoms with Crippen LogP contribution in [0, 0.1) is 0 Å². The van der Waals surface area contributed by atoms with Crippen molar-refractivity contribution in [2.75, 3.05) is 0 Å². The monoisotopic (exact) mass is 362 g/mol. The predicted molar refractivity (Wildman–Crippen MR) is 60.5 cm³/mol. The first-order valence-corrected chi connectivity index (χ1v) is 18.7. The number of hydrogen-bond acceptors (Lipinski definition) is 0. The predicted octanol–water partition coefficient (Wildman–Crippen LogP) is 4.21. The maximum absolute atomic E-state index is 2.84. The molecule has 0 fully saturated rings.